The molecule has 3 N–H and O–H groups in total. The summed E-state index contributed by atoms with van der Waals surface area (Å²) in [6, 6.07) is 9.72. The Bertz CT molecular complexity index is 673. The first-order chi connectivity index (χ1) is 11.7. The monoisotopic (exact) mass is 472 g/mol. The van der Waals surface area contributed by atoms with Crippen LogP contribution >= 0.6 is 35.3 Å². The van der Waals surface area contributed by atoms with E-state index in [0.717, 1.165) is 24.5 Å². The average molecular weight is 472 g/mol. The molecular formula is C18H25IN4OS. The van der Waals surface area contributed by atoms with Gasteiger partial charge in [-0.3, -0.25) is 9.79 Å². The standard InChI is InChI=1S/C18H24N4OS.HI/c1-3-8-20-17(23)16-6-4-5-14(10-16)11-21-18(19-2)22-12-15-7-9-24-13-15;/h4-7,9-10,13H,3,8,11-12H2,1-2H3,(H,20,23)(H2,19,21,22);1H. The van der Waals surface area contributed by atoms with Gasteiger partial charge in [0.15, 0.2) is 5.96 Å². The molecule has 1 amide bonds. The molecule has 1 aromatic carbocycles. The zero-order valence-electron chi connectivity index (χ0n) is 14.5. The minimum atomic E-state index is -0.0290. The van der Waals surface area contributed by atoms with Crippen LogP contribution in [-0.4, -0.2) is 25.5 Å². The highest BCUT2D eigenvalue weighted by atomic mass is 127. The number of hydrogen-bond donors (Lipinski definition) is 3. The van der Waals surface area contributed by atoms with Gasteiger partial charge in [-0.2, -0.15) is 11.3 Å². The number of benzene rings is 1. The van der Waals surface area contributed by atoms with Gasteiger partial charge in [0.25, 0.3) is 5.91 Å². The quantitative estimate of drug-likeness (QED) is 0.329. The summed E-state index contributed by atoms with van der Waals surface area (Å²) < 4.78 is 0. The van der Waals surface area contributed by atoms with Crippen LogP contribution in [0.15, 0.2) is 46.1 Å². The van der Waals surface area contributed by atoms with E-state index in [9.17, 15) is 4.79 Å². The summed E-state index contributed by atoms with van der Waals surface area (Å²) in [4.78, 5) is 16.2. The van der Waals surface area contributed by atoms with Crippen molar-refractivity contribution < 1.29 is 4.79 Å². The first kappa shape index (κ1) is 21.4. The fourth-order valence-corrected chi connectivity index (χ4v) is 2.82. The highest BCUT2D eigenvalue weighted by molar-refractivity contribution is 14.0. The Balaban J connectivity index is 0.00000312. The number of carbonyl (C=O) groups excluding carboxylic acids is 1. The summed E-state index contributed by atoms with van der Waals surface area (Å²) in [7, 11) is 1.75. The molecule has 0 spiro atoms. The third-order valence-corrected chi connectivity index (χ3v) is 4.18. The molecule has 0 bridgehead atoms. The number of rotatable bonds is 7. The first-order valence-corrected chi connectivity index (χ1v) is 9.00. The lowest BCUT2D eigenvalue weighted by Gasteiger charge is -2.12. The minimum Gasteiger partial charge on any atom is -0.352 e. The van der Waals surface area contributed by atoms with Gasteiger partial charge < -0.3 is 16.0 Å². The van der Waals surface area contributed by atoms with Gasteiger partial charge in [0.1, 0.15) is 0 Å². The summed E-state index contributed by atoms with van der Waals surface area (Å²) >= 11 is 1.68. The summed E-state index contributed by atoms with van der Waals surface area (Å²) in [5.41, 5.74) is 2.96. The molecule has 0 aliphatic carbocycles. The highest BCUT2D eigenvalue weighted by Crippen LogP contribution is 2.06. The van der Waals surface area contributed by atoms with E-state index in [2.05, 4.69) is 37.8 Å². The van der Waals surface area contributed by atoms with Gasteiger partial charge in [-0.25, -0.2) is 0 Å². The number of amides is 1. The Morgan fingerprint density at radius 3 is 2.52 bits per heavy atom. The minimum absolute atomic E-state index is 0. The Kier molecular flexibility index (Phi) is 10.2. The molecule has 0 atom stereocenters. The van der Waals surface area contributed by atoms with Crippen molar-refractivity contribution in [3.63, 3.8) is 0 Å². The van der Waals surface area contributed by atoms with Crippen LogP contribution in [0.5, 0.6) is 0 Å². The SMILES string of the molecule is CCCNC(=O)c1cccc(CNC(=NC)NCc2ccsc2)c1.I. The van der Waals surface area contributed by atoms with Gasteiger partial charge in [0.05, 0.1) is 0 Å². The van der Waals surface area contributed by atoms with E-state index in [1.165, 1.54) is 5.56 Å². The molecule has 2 rings (SSSR count). The third-order valence-electron chi connectivity index (χ3n) is 3.45. The van der Waals surface area contributed by atoms with E-state index in [0.29, 0.717) is 18.7 Å². The molecular weight excluding hydrogens is 447 g/mol. The number of nitrogens with one attached hydrogen (secondary N) is 3. The average Bonchev–Trinajstić information content (AvgIpc) is 3.13. The molecule has 1 aromatic heterocycles. The molecule has 0 radical (unpaired) electrons. The molecule has 0 fully saturated rings. The maximum Gasteiger partial charge on any atom is 0.251 e. The molecule has 0 saturated carbocycles. The molecule has 136 valence electrons. The number of aliphatic imine (C=N–C) groups is 1. The van der Waals surface area contributed by atoms with E-state index in [-0.39, 0.29) is 29.9 Å². The van der Waals surface area contributed by atoms with Crippen LogP contribution in [0.3, 0.4) is 0 Å². The summed E-state index contributed by atoms with van der Waals surface area (Å²) in [6.45, 7) is 4.08. The van der Waals surface area contributed by atoms with E-state index < -0.39 is 0 Å². The van der Waals surface area contributed by atoms with Crippen LogP contribution in [0.1, 0.15) is 34.8 Å². The molecule has 25 heavy (non-hydrogen) atoms. The van der Waals surface area contributed by atoms with Gasteiger partial charge in [0.2, 0.25) is 0 Å². The number of halogens is 1. The van der Waals surface area contributed by atoms with E-state index in [1.807, 2.05) is 31.2 Å². The van der Waals surface area contributed by atoms with E-state index in [4.69, 9.17) is 0 Å². The van der Waals surface area contributed by atoms with Crippen LogP contribution in [0.4, 0.5) is 0 Å². The maximum atomic E-state index is 12.0. The second kappa shape index (κ2) is 11.9. The number of hydrogen-bond acceptors (Lipinski definition) is 3. The Morgan fingerprint density at radius 1 is 1.12 bits per heavy atom. The highest BCUT2D eigenvalue weighted by Gasteiger charge is 2.06. The van der Waals surface area contributed by atoms with Gasteiger partial charge in [-0.15, -0.1) is 24.0 Å². The Hall–Kier alpha value is -1.61. The molecule has 2 aromatic rings. The summed E-state index contributed by atoms with van der Waals surface area (Å²) in [5.74, 6) is 0.709. The fraction of sp³-hybridized carbons (Fsp3) is 0.333. The van der Waals surface area contributed by atoms with Gasteiger partial charge in [0, 0.05) is 32.2 Å². The maximum absolute atomic E-state index is 12.0. The van der Waals surface area contributed by atoms with E-state index in [1.54, 1.807) is 18.4 Å². The molecule has 1 heterocycles. The van der Waals surface area contributed by atoms with Crippen molar-refractivity contribution in [1.29, 1.82) is 0 Å². The number of thiophene rings is 1. The van der Waals surface area contributed by atoms with Crippen molar-refractivity contribution >= 4 is 47.2 Å². The van der Waals surface area contributed by atoms with Crippen molar-refractivity contribution in [3.05, 3.63) is 57.8 Å². The predicted molar refractivity (Wildman–Crippen MR) is 116 cm³/mol. The molecule has 0 aliphatic rings. The molecule has 0 unspecified atom stereocenters. The van der Waals surface area contributed by atoms with Crippen molar-refractivity contribution in [2.75, 3.05) is 13.6 Å². The topological polar surface area (TPSA) is 65.5 Å². The van der Waals surface area contributed by atoms with Gasteiger partial charge in [-0.1, -0.05) is 19.1 Å². The van der Waals surface area contributed by atoms with Crippen molar-refractivity contribution in [1.82, 2.24) is 16.0 Å². The zero-order valence-corrected chi connectivity index (χ0v) is 17.7. The molecule has 7 heteroatoms. The summed E-state index contributed by atoms with van der Waals surface area (Å²) in [5, 5.41) is 13.6. The predicted octanol–water partition coefficient (Wildman–Crippen LogP) is 3.37. The third kappa shape index (κ3) is 7.43. The van der Waals surface area contributed by atoms with Crippen molar-refractivity contribution in [2.45, 2.75) is 26.4 Å². The Morgan fingerprint density at radius 2 is 1.88 bits per heavy atom. The van der Waals surface area contributed by atoms with E-state index >= 15 is 0 Å². The van der Waals surface area contributed by atoms with Gasteiger partial charge in [-0.05, 0) is 46.5 Å². The Labute approximate surface area is 170 Å². The number of guanidine groups is 1. The number of nitrogens with zero attached hydrogens (tertiary/aromatic N) is 1. The summed E-state index contributed by atoms with van der Waals surface area (Å²) in [6.07, 6.45) is 0.930. The molecule has 5 nitrogen and oxygen atoms in total. The van der Waals surface area contributed by atoms with Crippen LogP contribution in [0, 0.1) is 0 Å². The molecule has 0 aliphatic heterocycles. The lowest BCUT2D eigenvalue weighted by Crippen LogP contribution is -2.36. The van der Waals surface area contributed by atoms with Crippen molar-refractivity contribution in [3.8, 4) is 0 Å². The van der Waals surface area contributed by atoms with Gasteiger partial charge >= 0.3 is 0 Å². The van der Waals surface area contributed by atoms with Crippen LogP contribution < -0.4 is 16.0 Å². The lowest BCUT2D eigenvalue weighted by molar-refractivity contribution is 0.0953. The number of carbonyl (C=O) groups is 1. The second-order valence-corrected chi connectivity index (χ2v) is 6.15. The van der Waals surface area contributed by atoms with Crippen LogP contribution in [-0.2, 0) is 13.1 Å². The first-order valence-electron chi connectivity index (χ1n) is 8.05. The van der Waals surface area contributed by atoms with Crippen LogP contribution in [0.2, 0.25) is 0 Å². The normalized spacial score (nSPS) is 10.7. The largest absolute Gasteiger partial charge is 0.352 e. The van der Waals surface area contributed by atoms with Crippen molar-refractivity contribution in [2.24, 2.45) is 4.99 Å². The smallest absolute Gasteiger partial charge is 0.251 e. The lowest BCUT2D eigenvalue weighted by atomic mass is 10.1. The fourth-order valence-electron chi connectivity index (χ4n) is 2.15. The zero-order chi connectivity index (χ0) is 17.2. The van der Waals surface area contributed by atoms with Crippen LogP contribution in [0.25, 0.3) is 0 Å². The molecule has 0 saturated heterocycles. The second-order valence-electron chi connectivity index (χ2n) is 5.37.